The molecule has 1 atom stereocenters. The van der Waals surface area contributed by atoms with Crippen LogP contribution in [0.5, 0.6) is 0 Å². The number of aryl methyl sites for hydroxylation is 1. The first-order chi connectivity index (χ1) is 9.33. The largest absolute Gasteiger partial charge is 0.328 e. The summed E-state index contributed by atoms with van der Waals surface area (Å²) in [5.41, 5.74) is 7.32. The Labute approximate surface area is 118 Å². The average molecular weight is 262 g/mol. The van der Waals surface area contributed by atoms with E-state index in [0.717, 1.165) is 18.5 Å². The van der Waals surface area contributed by atoms with Gasteiger partial charge in [0.1, 0.15) is 0 Å². The molecule has 1 aromatic heterocycles. The van der Waals surface area contributed by atoms with E-state index >= 15 is 0 Å². The third kappa shape index (κ3) is 8.77. The molecule has 0 aliphatic heterocycles. The number of rotatable bonds is 11. The zero-order valence-electron chi connectivity index (χ0n) is 12.5. The van der Waals surface area contributed by atoms with Crippen LogP contribution < -0.4 is 5.73 Å². The van der Waals surface area contributed by atoms with Crippen LogP contribution in [0.4, 0.5) is 0 Å². The summed E-state index contributed by atoms with van der Waals surface area (Å²) >= 11 is 0. The quantitative estimate of drug-likeness (QED) is 0.597. The summed E-state index contributed by atoms with van der Waals surface area (Å²) in [6.45, 7) is 2.26. The highest BCUT2D eigenvalue weighted by atomic mass is 14.7. The van der Waals surface area contributed by atoms with Gasteiger partial charge in [-0.2, -0.15) is 0 Å². The van der Waals surface area contributed by atoms with Crippen LogP contribution in [0.3, 0.4) is 0 Å². The first-order valence-electron chi connectivity index (χ1n) is 7.98. The normalized spacial score (nSPS) is 12.5. The predicted molar refractivity (Wildman–Crippen MR) is 83.1 cm³/mol. The molecule has 1 rings (SSSR count). The van der Waals surface area contributed by atoms with Gasteiger partial charge in [-0.3, -0.25) is 4.98 Å². The third-order valence-electron chi connectivity index (χ3n) is 3.68. The third-order valence-corrected chi connectivity index (χ3v) is 3.68. The molecule has 0 spiro atoms. The van der Waals surface area contributed by atoms with E-state index in [0.29, 0.717) is 6.04 Å². The van der Waals surface area contributed by atoms with Crippen LogP contribution in [0.25, 0.3) is 0 Å². The number of hydrogen-bond donors (Lipinski definition) is 1. The van der Waals surface area contributed by atoms with Gasteiger partial charge in [-0.05, 0) is 31.4 Å². The van der Waals surface area contributed by atoms with E-state index in [2.05, 4.69) is 18.0 Å². The van der Waals surface area contributed by atoms with Crippen LogP contribution in [-0.4, -0.2) is 11.0 Å². The van der Waals surface area contributed by atoms with Gasteiger partial charge < -0.3 is 5.73 Å². The van der Waals surface area contributed by atoms with E-state index in [9.17, 15) is 0 Å². The van der Waals surface area contributed by atoms with Gasteiger partial charge in [0.05, 0.1) is 0 Å². The van der Waals surface area contributed by atoms with Crippen LogP contribution in [0.2, 0.25) is 0 Å². The van der Waals surface area contributed by atoms with Crippen molar-refractivity contribution in [2.24, 2.45) is 5.73 Å². The SMILES string of the molecule is CCCCCCCCCC(N)CCc1ccccn1. The molecular weight excluding hydrogens is 232 g/mol. The molecule has 1 heterocycles. The van der Waals surface area contributed by atoms with Gasteiger partial charge >= 0.3 is 0 Å². The van der Waals surface area contributed by atoms with Crippen molar-refractivity contribution < 1.29 is 0 Å². The van der Waals surface area contributed by atoms with Crippen LogP contribution in [0.15, 0.2) is 24.4 Å². The molecule has 1 aromatic rings. The van der Waals surface area contributed by atoms with Crippen molar-refractivity contribution in [2.75, 3.05) is 0 Å². The lowest BCUT2D eigenvalue weighted by atomic mass is 10.0. The van der Waals surface area contributed by atoms with Crippen molar-refractivity contribution in [2.45, 2.75) is 77.2 Å². The maximum Gasteiger partial charge on any atom is 0.0404 e. The first-order valence-corrected chi connectivity index (χ1v) is 7.98. The topological polar surface area (TPSA) is 38.9 Å². The van der Waals surface area contributed by atoms with Crippen molar-refractivity contribution in [3.63, 3.8) is 0 Å². The molecule has 0 amide bonds. The van der Waals surface area contributed by atoms with E-state index < -0.39 is 0 Å². The molecule has 0 saturated carbocycles. The van der Waals surface area contributed by atoms with E-state index in [1.807, 2.05) is 18.3 Å². The molecular formula is C17H30N2. The Morgan fingerprint density at radius 2 is 1.74 bits per heavy atom. The van der Waals surface area contributed by atoms with Gasteiger partial charge in [-0.1, -0.05) is 57.9 Å². The van der Waals surface area contributed by atoms with Gasteiger partial charge in [-0.25, -0.2) is 0 Å². The number of nitrogens with two attached hydrogens (primary N) is 1. The molecule has 0 radical (unpaired) electrons. The highest BCUT2D eigenvalue weighted by Crippen LogP contribution is 2.11. The monoisotopic (exact) mass is 262 g/mol. The van der Waals surface area contributed by atoms with Crippen LogP contribution in [-0.2, 0) is 6.42 Å². The summed E-state index contributed by atoms with van der Waals surface area (Å²) in [5, 5.41) is 0. The second-order valence-electron chi connectivity index (χ2n) is 5.53. The lowest BCUT2D eigenvalue weighted by Gasteiger charge is -2.10. The molecule has 0 aliphatic carbocycles. The lowest BCUT2D eigenvalue weighted by Crippen LogP contribution is -2.20. The lowest BCUT2D eigenvalue weighted by molar-refractivity contribution is 0.508. The minimum Gasteiger partial charge on any atom is -0.328 e. The van der Waals surface area contributed by atoms with Crippen molar-refractivity contribution in [3.8, 4) is 0 Å². The van der Waals surface area contributed by atoms with Crippen LogP contribution >= 0.6 is 0 Å². The summed E-state index contributed by atoms with van der Waals surface area (Å²) in [6, 6.07) is 6.43. The summed E-state index contributed by atoms with van der Waals surface area (Å²) in [7, 11) is 0. The van der Waals surface area contributed by atoms with Crippen molar-refractivity contribution >= 4 is 0 Å². The Balaban J connectivity index is 1.95. The molecule has 108 valence electrons. The molecule has 0 bridgehead atoms. The average Bonchev–Trinajstić information content (AvgIpc) is 2.45. The first kappa shape index (κ1) is 16.2. The van der Waals surface area contributed by atoms with Gasteiger partial charge in [0.25, 0.3) is 0 Å². The highest BCUT2D eigenvalue weighted by Gasteiger charge is 2.03. The number of pyridine rings is 1. The van der Waals surface area contributed by atoms with E-state index in [4.69, 9.17) is 5.73 Å². The Hall–Kier alpha value is -0.890. The number of hydrogen-bond acceptors (Lipinski definition) is 2. The number of nitrogens with zero attached hydrogens (tertiary/aromatic N) is 1. The molecule has 2 N–H and O–H groups in total. The Morgan fingerprint density at radius 3 is 2.42 bits per heavy atom. The van der Waals surface area contributed by atoms with Crippen LogP contribution in [0, 0.1) is 0 Å². The molecule has 0 aliphatic rings. The molecule has 1 unspecified atom stereocenters. The Morgan fingerprint density at radius 1 is 1.00 bits per heavy atom. The van der Waals surface area contributed by atoms with E-state index in [-0.39, 0.29) is 0 Å². The predicted octanol–water partition coefficient (Wildman–Crippen LogP) is 4.48. The second kappa shape index (κ2) is 11.0. The standard InChI is InChI=1S/C17H30N2/c1-2-3-4-5-6-7-8-11-16(18)13-14-17-12-9-10-15-19-17/h9-10,12,15-16H,2-8,11,13-14,18H2,1H3. The Bertz CT molecular complexity index is 297. The number of unbranched alkanes of at least 4 members (excludes halogenated alkanes) is 6. The smallest absolute Gasteiger partial charge is 0.0404 e. The maximum absolute atomic E-state index is 6.16. The van der Waals surface area contributed by atoms with Gasteiger partial charge in [-0.15, -0.1) is 0 Å². The van der Waals surface area contributed by atoms with Crippen molar-refractivity contribution in [1.82, 2.24) is 4.98 Å². The van der Waals surface area contributed by atoms with Gasteiger partial charge in [0, 0.05) is 17.9 Å². The number of aromatic nitrogens is 1. The minimum atomic E-state index is 0.345. The maximum atomic E-state index is 6.16. The van der Waals surface area contributed by atoms with Crippen molar-refractivity contribution in [1.29, 1.82) is 0 Å². The second-order valence-corrected chi connectivity index (χ2v) is 5.53. The summed E-state index contributed by atoms with van der Waals surface area (Å²) in [5.74, 6) is 0. The van der Waals surface area contributed by atoms with Gasteiger partial charge in [0.2, 0.25) is 0 Å². The molecule has 2 heteroatoms. The van der Waals surface area contributed by atoms with E-state index in [1.165, 1.54) is 51.4 Å². The van der Waals surface area contributed by atoms with Crippen molar-refractivity contribution in [3.05, 3.63) is 30.1 Å². The minimum absolute atomic E-state index is 0.345. The highest BCUT2D eigenvalue weighted by molar-refractivity contribution is 5.03. The zero-order chi connectivity index (χ0) is 13.8. The molecule has 0 saturated heterocycles. The molecule has 2 nitrogen and oxygen atoms in total. The zero-order valence-corrected chi connectivity index (χ0v) is 12.5. The molecule has 0 aromatic carbocycles. The fourth-order valence-corrected chi connectivity index (χ4v) is 2.39. The fraction of sp³-hybridized carbons (Fsp3) is 0.706. The Kier molecular flexibility index (Phi) is 9.34. The molecule has 19 heavy (non-hydrogen) atoms. The van der Waals surface area contributed by atoms with E-state index in [1.54, 1.807) is 0 Å². The summed E-state index contributed by atoms with van der Waals surface area (Å²) < 4.78 is 0. The van der Waals surface area contributed by atoms with Gasteiger partial charge in [0.15, 0.2) is 0 Å². The van der Waals surface area contributed by atoms with Crippen LogP contribution in [0.1, 0.15) is 70.4 Å². The molecule has 0 fully saturated rings. The summed E-state index contributed by atoms with van der Waals surface area (Å²) in [4.78, 5) is 4.33. The summed E-state index contributed by atoms with van der Waals surface area (Å²) in [6.07, 6.45) is 14.6. The fourth-order valence-electron chi connectivity index (χ4n) is 2.39.